The second-order valence-corrected chi connectivity index (χ2v) is 8.65. The molecular weight excluding hydrogens is 470 g/mol. The van der Waals surface area contributed by atoms with E-state index in [0.717, 1.165) is 11.1 Å². The maximum atomic E-state index is 13.0. The summed E-state index contributed by atoms with van der Waals surface area (Å²) in [6, 6.07) is 12.9. The quantitative estimate of drug-likeness (QED) is 0.492. The molecule has 3 heterocycles. The predicted molar refractivity (Wildman–Crippen MR) is 132 cm³/mol. The highest BCUT2D eigenvalue weighted by Gasteiger charge is 2.40. The van der Waals surface area contributed by atoms with E-state index in [4.69, 9.17) is 14.7 Å². The van der Waals surface area contributed by atoms with E-state index >= 15 is 0 Å². The number of rotatable bonds is 5. The molecule has 0 atom stereocenters. The fourth-order valence-corrected chi connectivity index (χ4v) is 4.41. The number of hydrogen-bond acceptors (Lipinski definition) is 8. The number of fused-ring (bicyclic) bond motifs is 2. The van der Waals surface area contributed by atoms with Gasteiger partial charge in [-0.05, 0) is 43.9 Å². The molecule has 182 valence electrons. The third-order valence-corrected chi connectivity index (χ3v) is 6.38. The van der Waals surface area contributed by atoms with Crippen LogP contribution in [0.1, 0.15) is 37.1 Å². The Morgan fingerprint density at radius 3 is 2.71 bits per heavy atom. The molecule has 0 bridgehead atoms. The molecule has 1 aromatic carbocycles. The molecule has 1 fully saturated rings. The Bertz CT molecular complexity index is 1270. The fraction of sp³-hybridized carbons (Fsp3) is 0.360. The van der Waals surface area contributed by atoms with Crippen LogP contribution >= 0.6 is 12.4 Å². The molecule has 0 unspecified atom stereocenters. The van der Waals surface area contributed by atoms with Crippen molar-refractivity contribution < 1.29 is 19.4 Å². The fourth-order valence-electron chi connectivity index (χ4n) is 4.41. The lowest BCUT2D eigenvalue weighted by Gasteiger charge is -2.35. The Hall–Kier alpha value is -3.45. The lowest BCUT2D eigenvalue weighted by Crippen LogP contribution is -2.48. The minimum absolute atomic E-state index is 0. The van der Waals surface area contributed by atoms with E-state index in [2.05, 4.69) is 20.6 Å². The van der Waals surface area contributed by atoms with Crippen LogP contribution in [0.15, 0.2) is 42.6 Å². The molecule has 1 saturated carbocycles. The van der Waals surface area contributed by atoms with Crippen LogP contribution in [0.3, 0.4) is 0 Å². The van der Waals surface area contributed by atoms with E-state index in [0.29, 0.717) is 68.1 Å². The van der Waals surface area contributed by atoms with Crippen molar-refractivity contribution in [3.05, 3.63) is 54.0 Å². The molecule has 1 aliphatic carbocycles. The third-order valence-electron chi connectivity index (χ3n) is 6.38. The number of hydrogen-bond donors (Lipinski definition) is 3. The standard InChI is InChI=1S/C25H25N5O4.ClH/c26-13-18-5-4-16-2-1-3-20(23(16)29-18)30-24(31)25(32)8-6-17(7-9-25)27-14-19-12-21-22(15-28-19)34-11-10-33-21;/h1-5,12,15,17,27,32H,6-11,14H2,(H,30,31);1H/t17-,25-;. The lowest BCUT2D eigenvalue weighted by atomic mass is 9.81. The summed E-state index contributed by atoms with van der Waals surface area (Å²) in [6.45, 7) is 1.62. The van der Waals surface area contributed by atoms with Crippen molar-refractivity contribution >= 4 is 34.9 Å². The van der Waals surface area contributed by atoms with Gasteiger partial charge in [-0.15, -0.1) is 12.4 Å². The zero-order valence-corrected chi connectivity index (χ0v) is 19.8. The average molecular weight is 496 g/mol. The van der Waals surface area contributed by atoms with Crippen LogP contribution in [-0.2, 0) is 11.3 Å². The predicted octanol–water partition coefficient (Wildman–Crippen LogP) is 3.10. The van der Waals surface area contributed by atoms with Crippen molar-refractivity contribution in [1.82, 2.24) is 15.3 Å². The highest BCUT2D eigenvalue weighted by Crippen LogP contribution is 2.32. The molecule has 0 radical (unpaired) electrons. The van der Waals surface area contributed by atoms with Gasteiger partial charge in [-0.25, -0.2) is 4.98 Å². The molecule has 0 saturated heterocycles. The van der Waals surface area contributed by atoms with Crippen LogP contribution in [0.5, 0.6) is 11.5 Å². The van der Waals surface area contributed by atoms with Gasteiger partial charge in [0.1, 0.15) is 30.6 Å². The van der Waals surface area contributed by atoms with Crippen LogP contribution in [0.4, 0.5) is 5.69 Å². The third kappa shape index (κ3) is 5.30. The number of nitrogens with zero attached hydrogens (tertiary/aromatic N) is 3. The summed E-state index contributed by atoms with van der Waals surface area (Å²) in [5.41, 5.74) is 0.677. The maximum Gasteiger partial charge on any atom is 0.256 e. The number of amides is 1. The molecule has 0 spiro atoms. The number of carbonyl (C=O) groups excluding carboxylic acids is 1. The first-order valence-corrected chi connectivity index (χ1v) is 11.4. The Morgan fingerprint density at radius 1 is 1.17 bits per heavy atom. The number of ether oxygens (including phenoxy) is 2. The summed E-state index contributed by atoms with van der Waals surface area (Å²) >= 11 is 0. The number of halogens is 1. The van der Waals surface area contributed by atoms with Crippen LogP contribution in [0.25, 0.3) is 10.9 Å². The average Bonchev–Trinajstić information content (AvgIpc) is 2.88. The molecule has 9 nitrogen and oxygen atoms in total. The maximum absolute atomic E-state index is 13.0. The molecule has 5 rings (SSSR count). The Labute approximate surface area is 208 Å². The number of aromatic nitrogens is 2. The number of carbonyl (C=O) groups is 1. The number of para-hydroxylation sites is 1. The van der Waals surface area contributed by atoms with E-state index in [1.165, 1.54) is 0 Å². The Balaban J connectivity index is 0.00000289. The molecule has 1 aliphatic heterocycles. The zero-order chi connectivity index (χ0) is 23.5. The van der Waals surface area contributed by atoms with Gasteiger partial charge in [0.2, 0.25) is 0 Å². The van der Waals surface area contributed by atoms with Crippen molar-refractivity contribution in [2.45, 2.75) is 43.9 Å². The number of anilines is 1. The summed E-state index contributed by atoms with van der Waals surface area (Å²) in [5, 5.41) is 27.3. The Kier molecular flexibility index (Phi) is 7.36. The largest absolute Gasteiger partial charge is 0.486 e. The van der Waals surface area contributed by atoms with E-state index in [9.17, 15) is 9.90 Å². The van der Waals surface area contributed by atoms with Crippen LogP contribution in [0, 0.1) is 11.3 Å². The minimum Gasteiger partial charge on any atom is -0.486 e. The van der Waals surface area contributed by atoms with Crippen molar-refractivity contribution in [3.8, 4) is 17.6 Å². The number of pyridine rings is 2. The first kappa shape index (κ1) is 24.7. The van der Waals surface area contributed by atoms with Gasteiger partial charge in [0.15, 0.2) is 11.5 Å². The van der Waals surface area contributed by atoms with Gasteiger partial charge in [-0.1, -0.05) is 12.1 Å². The van der Waals surface area contributed by atoms with E-state index in [1.807, 2.05) is 24.3 Å². The SMILES string of the molecule is Cl.N#Cc1ccc2cccc(NC(=O)[C@]3(O)CC[C@H](NCc4cc5c(cn4)OCCO5)CC3)c2n1. The lowest BCUT2D eigenvalue weighted by molar-refractivity contribution is -0.137. The van der Waals surface area contributed by atoms with E-state index in [1.54, 1.807) is 24.4 Å². The Morgan fingerprint density at radius 2 is 1.94 bits per heavy atom. The molecular formula is C25H26ClN5O4. The normalized spacial score (nSPS) is 21.0. The zero-order valence-electron chi connectivity index (χ0n) is 19.0. The van der Waals surface area contributed by atoms with E-state index in [-0.39, 0.29) is 24.1 Å². The number of nitrogens with one attached hydrogen (secondary N) is 2. The molecule has 35 heavy (non-hydrogen) atoms. The van der Waals surface area contributed by atoms with Crippen LogP contribution in [0.2, 0.25) is 0 Å². The monoisotopic (exact) mass is 495 g/mol. The van der Waals surface area contributed by atoms with Gasteiger partial charge in [0.25, 0.3) is 5.91 Å². The second-order valence-electron chi connectivity index (χ2n) is 8.65. The molecule has 10 heteroatoms. The van der Waals surface area contributed by atoms with Crippen molar-refractivity contribution in [2.75, 3.05) is 18.5 Å². The van der Waals surface area contributed by atoms with Gasteiger partial charge < -0.3 is 25.2 Å². The number of nitriles is 1. The minimum atomic E-state index is -1.46. The number of benzene rings is 1. The summed E-state index contributed by atoms with van der Waals surface area (Å²) in [5.74, 6) is 0.919. The van der Waals surface area contributed by atoms with Crippen LogP contribution < -0.4 is 20.1 Å². The first-order chi connectivity index (χ1) is 16.5. The van der Waals surface area contributed by atoms with Crippen molar-refractivity contribution in [3.63, 3.8) is 0 Å². The van der Waals surface area contributed by atoms with Crippen molar-refractivity contribution in [1.29, 1.82) is 5.26 Å². The topological polar surface area (TPSA) is 129 Å². The highest BCUT2D eigenvalue weighted by atomic mass is 35.5. The molecule has 2 aliphatic rings. The van der Waals surface area contributed by atoms with Gasteiger partial charge in [0.05, 0.1) is 23.1 Å². The number of aliphatic hydroxyl groups is 1. The van der Waals surface area contributed by atoms with Crippen LogP contribution in [-0.4, -0.2) is 45.8 Å². The van der Waals surface area contributed by atoms with Gasteiger partial charge in [-0.3, -0.25) is 9.78 Å². The van der Waals surface area contributed by atoms with Crippen molar-refractivity contribution in [2.24, 2.45) is 0 Å². The van der Waals surface area contributed by atoms with Gasteiger partial charge >= 0.3 is 0 Å². The first-order valence-electron chi connectivity index (χ1n) is 11.4. The van der Waals surface area contributed by atoms with Gasteiger partial charge in [-0.2, -0.15) is 5.26 Å². The second kappa shape index (κ2) is 10.4. The molecule has 2 aromatic heterocycles. The molecule has 1 amide bonds. The summed E-state index contributed by atoms with van der Waals surface area (Å²) in [4.78, 5) is 21.7. The van der Waals surface area contributed by atoms with Gasteiger partial charge in [0, 0.05) is 24.0 Å². The summed E-state index contributed by atoms with van der Waals surface area (Å²) < 4.78 is 11.1. The summed E-state index contributed by atoms with van der Waals surface area (Å²) in [6.07, 6.45) is 3.66. The summed E-state index contributed by atoms with van der Waals surface area (Å²) in [7, 11) is 0. The smallest absolute Gasteiger partial charge is 0.256 e. The highest BCUT2D eigenvalue weighted by molar-refractivity contribution is 6.03. The molecule has 3 aromatic rings. The molecule has 3 N–H and O–H groups in total. The van der Waals surface area contributed by atoms with E-state index < -0.39 is 11.5 Å².